The van der Waals surface area contributed by atoms with E-state index in [9.17, 15) is 14.0 Å². The predicted molar refractivity (Wildman–Crippen MR) is 93.1 cm³/mol. The Morgan fingerprint density at radius 1 is 0.880 bits per heavy atom. The van der Waals surface area contributed by atoms with E-state index in [4.69, 9.17) is 4.74 Å². The van der Waals surface area contributed by atoms with E-state index in [1.807, 2.05) is 12.1 Å². The Labute approximate surface area is 144 Å². The van der Waals surface area contributed by atoms with Gasteiger partial charge in [-0.2, -0.15) is 0 Å². The van der Waals surface area contributed by atoms with Gasteiger partial charge >= 0.3 is 11.8 Å². The fraction of sp³-hybridized carbons (Fsp3) is 0.222. The van der Waals surface area contributed by atoms with Crippen LogP contribution in [0.3, 0.4) is 0 Å². The van der Waals surface area contributed by atoms with E-state index < -0.39 is 17.6 Å². The summed E-state index contributed by atoms with van der Waals surface area (Å²) in [5.41, 5.74) is 1.31. The van der Waals surface area contributed by atoms with E-state index in [-0.39, 0.29) is 5.69 Å². The molecule has 1 saturated heterocycles. The minimum atomic E-state index is -0.929. The van der Waals surface area contributed by atoms with Gasteiger partial charge in [0, 0.05) is 13.1 Å². The van der Waals surface area contributed by atoms with Crippen molar-refractivity contribution < 1.29 is 18.7 Å². The van der Waals surface area contributed by atoms with Gasteiger partial charge in [0.15, 0.2) is 0 Å². The molecule has 0 saturated carbocycles. The van der Waals surface area contributed by atoms with Gasteiger partial charge < -0.3 is 20.3 Å². The lowest BCUT2D eigenvalue weighted by molar-refractivity contribution is -0.133. The standard InChI is InChI=1S/C18H18FN3O3/c19-13-5-1-2-6-14(13)20-17(23)18(24)21-15-7-3-4-8-16(15)22-9-11-25-12-10-22/h1-8H,9-12H2,(H,20,23)(H,21,24). The van der Waals surface area contributed by atoms with Crippen LogP contribution in [0.4, 0.5) is 21.5 Å². The quantitative estimate of drug-likeness (QED) is 0.839. The largest absolute Gasteiger partial charge is 0.378 e. The number of rotatable bonds is 3. The highest BCUT2D eigenvalue weighted by molar-refractivity contribution is 6.43. The first-order valence-electron chi connectivity index (χ1n) is 7.94. The van der Waals surface area contributed by atoms with E-state index in [0.717, 1.165) is 5.69 Å². The number of para-hydroxylation sites is 3. The number of carbonyl (C=O) groups is 2. The van der Waals surface area contributed by atoms with Gasteiger partial charge in [0.1, 0.15) is 5.82 Å². The molecule has 0 aliphatic carbocycles. The third-order valence-corrected chi connectivity index (χ3v) is 3.83. The zero-order valence-electron chi connectivity index (χ0n) is 13.5. The summed E-state index contributed by atoms with van der Waals surface area (Å²) in [6.45, 7) is 2.62. The molecule has 2 amide bonds. The number of morpholine rings is 1. The Morgan fingerprint density at radius 2 is 1.44 bits per heavy atom. The van der Waals surface area contributed by atoms with Crippen molar-refractivity contribution in [2.24, 2.45) is 0 Å². The lowest BCUT2D eigenvalue weighted by Crippen LogP contribution is -2.37. The molecule has 0 unspecified atom stereocenters. The average molecular weight is 343 g/mol. The first kappa shape index (κ1) is 16.9. The van der Waals surface area contributed by atoms with Crippen molar-refractivity contribution in [3.8, 4) is 0 Å². The summed E-state index contributed by atoms with van der Waals surface area (Å²) in [6.07, 6.45) is 0. The molecule has 130 valence electrons. The number of ether oxygens (including phenoxy) is 1. The molecule has 0 spiro atoms. The summed E-state index contributed by atoms with van der Waals surface area (Å²) in [4.78, 5) is 26.3. The highest BCUT2D eigenvalue weighted by Gasteiger charge is 2.19. The number of nitrogens with one attached hydrogen (secondary N) is 2. The highest BCUT2D eigenvalue weighted by atomic mass is 19.1. The Hall–Kier alpha value is -2.93. The summed E-state index contributed by atoms with van der Waals surface area (Å²) < 4.78 is 18.9. The van der Waals surface area contributed by atoms with E-state index >= 15 is 0 Å². The minimum absolute atomic E-state index is 0.0379. The summed E-state index contributed by atoms with van der Waals surface area (Å²) in [5, 5.41) is 4.86. The summed E-state index contributed by atoms with van der Waals surface area (Å²) in [7, 11) is 0. The summed E-state index contributed by atoms with van der Waals surface area (Å²) >= 11 is 0. The van der Waals surface area contributed by atoms with Gasteiger partial charge in [0.25, 0.3) is 0 Å². The maximum atomic E-state index is 13.6. The monoisotopic (exact) mass is 343 g/mol. The van der Waals surface area contributed by atoms with Crippen molar-refractivity contribution in [2.75, 3.05) is 41.8 Å². The van der Waals surface area contributed by atoms with E-state index in [1.165, 1.54) is 18.2 Å². The van der Waals surface area contributed by atoms with Crippen LogP contribution in [0.5, 0.6) is 0 Å². The zero-order valence-corrected chi connectivity index (χ0v) is 13.5. The molecule has 0 bridgehead atoms. The lowest BCUT2D eigenvalue weighted by Gasteiger charge is -2.30. The van der Waals surface area contributed by atoms with E-state index in [0.29, 0.717) is 32.0 Å². The molecule has 1 aliphatic heterocycles. The minimum Gasteiger partial charge on any atom is -0.378 e. The first-order chi connectivity index (χ1) is 12.1. The van der Waals surface area contributed by atoms with Crippen molar-refractivity contribution in [1.29, 1.82) is 0 Å². The van der Waals surface area contributed by atoms with Crippen LogP contribution in [0.15, 0.2) is 48.5 Å². The van der Waals surface area contributed by atoms with Gasteiger partial charge in [-0.05, 0) is 24.3 Å². The maximum Gasteiger partial charge on any atom is 0.314 e. The molecule has 0 aromatic heterocycles. The Kier molecular flexibility index (Phi) is 5.25. The van der Waals surface area contributed by atoms with Crippen LogP contribution in [0.25, 0.3) is 0 Å². The summed E-state index contributed by atoms with van der Waals surface area (Å²) in [5.74, 6) is -2.39. The number of nitrogens with zero attached hydrogens (tertiary/aromatic N) is 1. The van der Waals surface area contributed by atoms with Gasteiger partial charge in [0.05, 0.1) is 30.3 Å². The molecular formula is C18H18FN3O3. The zero-order chi connectivity index (χ0) is 17.6. The molecule has 2 aromatic rings. The molecule has 1 heterocycles. The molecule has 3 rings (SSSR count). The molecule has 6 nitrogen and oxygen atoms in total. The van der Waals surface area contributed by atoms with Gasteiger partial charge in [-0.3, -0.25) is 9.59 Å². The molecule has 25 heavy (non-hydrogen) atoms. The van der Waals surface area contributed by atoms with Gasteiger partial charge in [0.2, 0.25) is 0 Å². The third kappa shape index (κ3) is 4.13. The second-order valence-electron chi connectivity index (χ2n) is 5.50. The molecule has 7 heteroatoms. The number of amides is 2. The molecule has 2 aromatic carbocycles. The van der Waals surface area contributed by atoms with Crippen molar-refractivity contribution in [2.45, 2.75) is 0 Å². The van der Waals surface area contributed by atoms with Crippen LogP contribution in [-0.4, -0.2) is 38.1 Å². The van der Waals surface area contributed by atoms with Crippen LogP contribution in [-0.2, 0) is 14.3 Å². The van der Waals surface area contributed by atoms with Crippen molar-refractivity contribution in [3.05, 3.63) is 54.3 Å². The number of halogens is 1. The summed E-state index contributed by atoms with van der Waals surface area (Å²) in [6, 6.07) is 12.9. The second kappa shape index (κ2) is 7.76. The number of hydrogen-bond acceptors (Lipinski definition) is 4. The van der Waals surface area contributed by atoms with Crippen molar-refractivity contribution in [1.82, 2.24) is 0 Å². The Morgan fingerprint density at radius 3 is 2.12 bits per heavy atom. The van der Waals surface area contributed by atoms with E-state index in [1.54, 1.807) is 18.2 Å². The Bertz CT molecular complexity index is 776. The lowest BCUT2D eigenvalue weighted by atomic mass is 10.2. The fourth-order valence-electron chi connectivity index (χ4n) is 2.58. The maximum absolute atomic E-state index is 13.6. The third-order valence-electron chi connectivity index (χ3n) is 3.83. The van der Waals surface area contributed by atoms with E-state index in [2.05, 4.69) is 15.5 Å². The molecule has 1 aliphatic rings. The molecule has 1 fully saturated rings. The predicted octanol–water partition coefficient (Wildman–Crippen LogP) is 2.24. The van der Waals surface area contributed by atoms with Gasteiger partial charge in [-0.15, -0.1) is 0 Å². The van der Waals surface area contributed by atoms with Crippen LogP contribution >= 0.6 is 0 Å². The molecule has 0 atom stereocenters. The van der Waals surface area contributed by atoms with Gasteiger partial charge in [-0.25, -0.2) is 4.39 Å². The average Bonchev–Trinajstić information content (AvgIpc) is 2.64. The smallest absolute Gasteiger partial charge is 0.314 e. The highest BCUT2D eigenvalue weighted by Crippen LogP contribution is 2.26. The molecule has 0 radical (unpaired) electrons. The molecule has 2 N–H and O–H groups in total. The Balaban J connectivity index is 1.70. The van der Waals surface area contributed by atoms with Crippen LogP contribution in [0.2, 0.25) is 0 Å². The second-order valence-corrected chi connectivity index (χ2v) is 5.50. The van der Waals surface area contributed by atoms with Crippen LogP contribution in [0, 0.1) is 5.82 Å². The fourth-order valence-corrected chi connectivity index (χ4v) is 2.58. The normalized spacial score (nSPS) is 14.0. The number of hydrogen-bond donors (Lipinski definition) is 2. The van der Waals surface area contributed by atoms with Crippen LogP contribution < -0.4 is 15.5 Å². The van der Waals surface area contributed by atoms with Crippen molar-refractivity contribution >= 4 is 28.9 Å². The topological polar surface area (TPSA) is 70.7 Å². The molecular weight excluding hydrogens is 325 g/mol. The van der Waals surface area contributed by atoms with Gasteiger partial charge in [-0.1, -0.05) is 24.3 Å². The first-order valence-corrected chi connectivity index (χ1v) is 7.94. The van der Waals surface area contributed by atoms with Crippen LogP contribution in [0.1, 0.15) is 0 Å². The number of carbonyl (C=O) groups excluding carboxylic acids is 2. The number of anilines is 3. The SMILES string of the molecule is O=C(Nc1ccccc1F)C(=O)Nc1ccccc1N1CCOCC1. The van der Waals surface area contributed by atoms with Crippen molar-refractivity contribution in [3.63, 3.8) is 0 Å². The number of benzene rings is 2.